The van der Waals surface area contributed by atoms with Crippen LogP contribution < -0.4 is 0 Å². The number of phenols is 1. The van der Waals surface area contributed by atoms with E-state index in [0.29, 0.717) is 5.75 Å². The lowest BCUT2D eigenvalue weighted by molar-refractivity contribution is 0.0330. The predicted molar refractivity (Wildman–Crippen MR) is 95.6 cm³/mol. The average Bonchev–Trinajstić information content (AvgIpc) is 2.90. The van der Waals surface area contributed by atoms with Crippen LogP contribution in [0.3, 0.4) is 0 Å². The Bertz CT molecular complexity index is 881. The number of pyridine rings is 1. The number of ether oxygens (including phenoxy) is 1. The van der Waals surface area contributed by atoms with Crippen molar-refractivity contribution < 1.29 is 9.84 Å². The van der Waals surface area contributed by atoms with Gasteiger partial charge in [0.25, 0.3) is 0 Å². The van der Waals surface area contributed by atoms with Gasteiger partial charge in [0.1, 0.15) is 5.75 Å². The average molecular weight is 325 g/mol. The van der Waals surface area contributed by atoms with Gasteiger partial charge in [0.05, 0.1) is 29.9 Å². The van der Waals surface area contributed by atoms with Crippen LogP contribution in [0.25, 0.3) is 21.8 Å². The zero-order valence-electron chi connectivity index (χ0n) is 14.2. The Morgan fingerprint density at radius 2 is 2.00 bits per heavy atom. The van der Waals surface area contributed by atoms with Gasteiger partial charge in [-0.2, -0.15) is 0 Å². The van der Waals surface area contributed by atoms with Crippen LogP contribution in [0.15, 0.2) is 30.5 Å². The van der Waals surface area contributed by atoms with Gasteiger partial charge in [0.2, 0.25) is 0 Å². The van der Waals surface area contributed by atoms with Crippen molar-refractivity contribution in [2.45, 2.75) is 19.9 Å². The Kier molecular flexibility index (Phi) is 3.90. The molecule has 0 radical (unpaired) electrons. The molecule has 3 aromatic rings. The third kappa shape index (κ3) is 2.54. The van der Waals surface area contributed by atoms with Crippen LogP contribution in [0, 0.1) is 6.92 Å². The van der Waals surface area contributed by atoms with Crippen molar-refractivity contribution in [3.63, 3.8) is 0 Å². The maximum absolute atomic E-state index is 10.00. The monoisotopic (exact) mass is 325 g/mol. The summed E-state index contributed by atoms with van der Waals surface area (Å²) in [5.74, 6) is 0.302. The fourth-order valence-corrected chi connectivity index (χ4v) is 3.84. The van der Waals surface area contributed by atoms with Crippen LogP contribution in [-0.4, -0.2) is 52.4 Å². The number of rotatable bonds is 3. The first-order valence-electron chi connectivity index (χ1n) is 8.53. The van der Waals surface area contributed by atoms with E-state index < -0.39 is 0 Å². The van der Waals surface area contributed by atoms with Crippen LogP contribution in [0.4, 0.5) is 0 Å². The highest BCUT2D eigenvalue weighted by Crippen LogP contribution is 2.35. The summed E-state index contributed by atoms with van der Waals surface area (Å²) in [5, 5.41) is 12.4. The lowest BCUT2D eigenvalue weighted by atomic mass is 10.1. The maximum atomic E-state index is 10.00. The summed E-state index contributed by atoms with van der Waals surface area (Å²) >= 11 is 0. The molecule has 0 spiro atoms. The zero-order valence-corrected chi connectivity index (χ0v) is 14.2. The smallest absolute Gasteiger partial charge is 0.117 e. The van der Waals surface area contributed by atoms with E-state index in [-0.39, 0.29) is 6.04 Å². The molecule has 0 unspecified atom stereocenters. The molecule has 2 aromatic heterocycles. The van der Waals surface area contributed by atoms with Gasteiger partial charge in [-0.15, -0.1) is 0 Å². The molecule has 1 fully saturated rings. The molecule has 5 heteroatoms. The van der Waals surface area contributed by atoms with Crippen molar-refractivity contribution in [2.24, 2.45) is 0 Å². The molecule has 0 amide bonds. The van der Waals surface area contributed by atoms with Gasteiger partial charge in [-0.1, -0.05) is 0 Å². The van der Waals surface area contributed by atoms with E-state index in [9.17, 15) is 5.11 Å². The van der Waals surface area contributed by atoms with Gasteiger partial charge in [-0.05, 0) is 32.0 Å². The quantitative estimate of drug-likeness (QED) is 0.804. The molecule has 126 valence electrons. The number of hydrogen-bond acceptors (Lipinski definition) is 4. The number of hydrogen-bond donors (Lipinski definition) is 1. The van der Waals surface area contributed by atoms with Crippen LogP contribution in [-0.2, 0) is 4.74 Å². The van der Waals surface area contributed by atoms with Crippen molar-refractivity contribution in [1.29, 1.82) is 0 Å². The standard InChI is InChI=1S/C19H23N3O2/c1-13(12-21-7-9-24-10-8-21)22-18-11-15(23)3-4-16(18)17-5-6-20-14(2)19(17)22/h3-6,11,13,23H,7-10,12H2,1-2H3/t13-/m0/s1. The number of aromatic hydroxyl groups is 1. The molecule has 1 aliphatic rings. The summed E-state index contributed by atoms with van der Waals surface area (Å²) in [7, 11) is 0. The largest absolute Gasteiger partial charge is 0.508 e. The third-order valence-electron chi connectivity index (χ3n) is 4.95. The number of nitrogens with zero attached hydrogens (tertiary/aromatic N) is 3. The van der Waals surface area contributed by atoms with Crippen LogP contribution in [0.1, 0.15) is 18.7 Å². The number of fused-ring (bicyclic) bond motifs is 3. The predicted octanol–water partition coefficient (Wildman–Crippen LogP) is 3.10. The van der Waals surface area contributed by atoms with E-state index in [2.05, 4.69) is 34.4 Å². The molecular weight excluding hydrogens is 302 g/mol. The van der Waals surface area contributed by atoms with Crippen LogP contribution in [0.5, 0.6) is 5.75 Å². The third-order valence-corrected chi connectivity index (χ3v) is 4.95. The summed E-state index contributed by atoms with van der Waals surface area (Å²) in [6.45, 7) is 8.83. The Morgan fingerprint density at radius 3 is 2.79 bits per heavy atom. The molecule has 1 aromatic carbocycles. The first-order chi connectivity index (χ1) is 11.6. The maximum Gasteiger partial charge on any atom is 0.117 e. The molecule has 24 heavy (non-hydrogen) atoms. The molecular formula is C19H23N3O2. The van der Waals surface area contributed by atoms with Crippen molar-refractivity contribution in [1.82, 2.24) is 14.5 Å². The summed E-state index contributed by atoms with van der Waals surface area (Å²) in [5.41, 5.74) is 3.26. The molecule has 1 atom stereocenters. The summed E-state index contributed by atoms with van der Waals surface area (Å²) in [6, 6.07) is 7.98. The first-order valence-corrected chi connectivity index (χ1v) is 8.53. The van der Waals surface area contributed by atoms with Gasteiger partial charge >= 0.3 is 0 Å². The molecule has 0 aliphatic carbocycles. The summed E-state index contributed by atoms with van der Waals surface area (Å²) in [4.78, 5) is 6.94. The van der Waals surface area contributed by atoms with E-state index in [1.54, 1.807) is 6.07 Å². The fraction of sp³-hybridized carbons (Fsp3) is 0.421. The minimum atomic E-state index is 0.285. The van der Waals surface area contributed by atoms with Gasteiger partial charge in [0.15, 0.2) is 0 Å². The molecule has 3 heterocycles. The first kappa shape index (κ1) is 15.4. The second kappa shape index (κ2) is 6.07. The van der Waals surface area contributed by atoms with E-state index >= 15 is 0 Å². The highest BCUT2D eigenvalue weighted by atomic mass is 16.5. The number of phenolic OH excluding ortho intramolecular Hbond substituents is 1. The number of benzene rings is 1. The lowest BCUT2D eigenvalue weighted by Crippen LogP contribution is -2.39. The van der Waals surface area contributed by atoms with Gasteiger partial charge in [-0.25, -0.2) is 0 Å². The molecule has 1 aliphatic heterocycles. The molecule has 5 nitrogen and oxygen atoms in total. The van der Waals surface area contributed by atoms with E-state index in [1.807, 2.05) is 18.3 Å². The second-order valence-electron chi connectivity index (χ2n) is 6.63. The van der Waals surface area contributed by atoms with Crippen molar-refractivity contribution >= 4 is 21.8 Å². The van der Waals surface area contributed by atoms with Crippen molar-refractivity contribution in [3.8, 4) is 5.75 Å². The Morgan fingerprint density at radius 1 is 1.21 bits per heavy atom. The van der Waals surface area contributed by atoms with E-state index in [0.717, 1.165) is 44.1 Å². The number of aryl methyl sites for hydroxylation is 1. The Balaban J connectivity index is 1.86. The van der Waals surface area contributed by atoms with Crippen LogP contribution >= 0.6 is 0 Å². The second-order valence-corrected chi connectivity index (χ2v) is 6.63. The highest BCUT2D eigenvalue weighted by Gasteiger charge is 2.20. The summed E-state index contributed by atoms with van der Waals surface area (Å²) in [6.07, 6.45) is 1.86. The van der Waals surface area contributed by atoms with E-state index in [1.165, 1.54) is 16.3 Å². The normalized spacial score (nSPS) is 17.6. The number of aromatic nitrogens is 2. The van der Waals surface area contributed by atoms with Gasteiger partial charge in [0, 0.05) is 48.7 Å². The molecule has 0 bridgehead atoms. The molecule has 4 rings (SSSR count). The van der Waals surface area contributed by atoms with E-state index in [4.69, 9.17) is 4.74 Å². The SMILES string of the molecule is Cc1nccc2c3ccc(O)cc3n([C@@H](C)CN3CCOCC3)c12. The molecule has 1 saturated heterocycles. The van der Waals surface area contributed by atoms with Crippen molar-refractivity contribution in [3.05, 3.63) is 36.2 Å². The fourth-order valence-electron chi connectivity index (χ4n) is 3.84. The minimum absolute atomic E-state index is 0.285. The zero-order chi connectivity index (χ0) is 16.7. The highest BCUT2D eigenvalue weighted by molar-refractivity contribution is 6.09. The summed E-state index contributed by atoms with van der Waals surface area (Å²) < 4.78 is 7.79. The molecule has 1 N–H and O–H groups in total. The topological polar surface area (TPSA) is 50.5 Å². The van der Waals surface area contributed by atoms with Crippen molar-refractivity contribution in [2.75, 3.05) is 32.8 Å². The Hall–Kier alpha value is -2.11. The van der Waals surface area contributed by atoms with Gasteiger partial charge < -0.3 is 14.4 Å². The van der Waals surface area contributed by atoms with Crippen LogP contribution in [0.2, 0.25) is 0 Å². The van der Waals surface area contributed by atoms with Gasteiger partial charge in [-0.3, -0.25) is 9.88 Å². The molecule has 0 saturated carbocycles. The Labute approximate surface area is 141 Å². The minimum Gasteiger partial charge on any atom is -0.508 e. The number of morpholine rings is 1. The lowest BCUT2D eigenvalue weighted by Gasteiger charge is -2.30.